The van der Waals surface area contributed by atoms with E-state index in [1.165, 1.54) is 0 Å². The molecule has 0 bridgehead atoms. The lowest BCUT2D eigenvalue weighted by Gasteiger charge is -2.19. The van der Waals surface area contributed by atoms with Crippen LogP contribution in [0.1, 0.15) is 29.9 Å². The van der Waals surface area contributed by atoms with Crippen molar-refractivity contribution in [3.05, 3.63) is 69.7 Å². The van der Waals surface area contributed by atoms with Gasteiger partial charge in [0.15, 0.2) is 0 Å². The van der Waals surface area contributed by atoms with Gasteiger partial charge in [-0.1, -0.05) is 66.5 Å². The van der Waals surface area contributed by atoms with E-state index in [4.69, 9.17) is 23.2 Å². The molecule has 19 heavy (non-hydrogen) atoms. The Hall–Kier alpha value is -1.49. The number of halogens is 2. The minimum Gasteiger partial charge on any atom is -0.198 e. The summed E-state index contributed by atoms with van der Waals surface area (Å²) in [5, 5.41) is 10.6. The fourth-order valence-electron chi connectivity index (χ4n) is 2.15. The van der Waals surface area contributed by atoms with Gasteiger partial charge in [0.1, 0.15) is 0 Å². The maximum absolute atomic E-state index is 9.46. The van der Waals surface area contributed by atoms with Crippen molar-refractivity contribution in [3.63, 3.8) is 0 Å². The molecular weight excluding hydrogens is 277 g/mol. The van der Waals surface area contributed by atoms with Crippen LogP contribution in [0.15, 0.2) is 48.5 Å². The summed E-state index contributed by atoms with van der Waals surface area (Å²) in [6.45, 7) is 2.04. The van der Waals surface area contributed by atoms with Gasteiger partial charge in [-0.2, -0.15) is 5.26 Å². The third-order valence-electron chi connectivity index (χ3n) is 3.26. The van der Waals surface area contributed by atoms with E-state index in [1.807, 2.05) is 43.3 Å². The topological polar surface area (TPSA) is 23.8 Å². The van der Waals surface area contributed by atoms with Crippen LogP contribution in [-0.4, -0.2) is 0 Å². The van der Waals surface area contributed by atoms with Crippen LogP contribution in [-0.2, 0) is 0 Å². The highest BCUT2D eigenvalue weighted by Crippen LogP contribution is 2.36. The summed E-state index contributed by atoms with van der Waals surface area (Å²) in [6, 6.07) is 17.6. The molecule has 0 saturated heterocycles. The SMILES string of the molecule is CC(c1ccccc1)C(C#N)c1ccc(Cl)cc1Cl. The Bertz CT molecular complexity index is 602. The monoisotopic (exact) mass is 289 g/mol. The van der Waals surface area contributed by atoms with Gasteiger partial charge in [-0.05, 0) is 23.3 Å². The molecule has 0 aromatic heterocycles. The second-order valence-corrected chi connectivity index (χ2v) is 5.32. The second-order valence-electron chi connectivity index (χ2n) is 4.47. The molecule has 0 fully saturated rings. The fourth-order valence-corrected chi connectivity index (χ4v) is 2.68. The molecule has 3 heteroatoms. The molecule has 0 spiro atoms. The van der Waals surface area contributed by atoms with E-state index in [1.54, 1.807) is 12.1 Å². The van der Waals surface area contributed by atoms with E-state index in [2.05, 4.69) is 6.07 Å². The first kappa shape index (κ1) is 13.9. The molecule has 0 heterocycles. The molecule has 2 atom stereocenters. The maximum Gasteiger partial charge on any atom is 0.0792 e. The van der Waals surface area contributed by atoms with Crippen LogP contribution < -0.4 is 0 Å². The lowest BCUT2D eigenvalue weighted by atomic mass is 9.84. The normalized spacial score (nSPS) is 13.6. The summed E-state index contributed by atoms with van der Waals surface area (Å²) >= 11 is 12.1. The van der Waals surface area contributed by atoms with Crippen LogP contribution in [0.25, 0.3) is 0 Å². The highest BCUT2D eigenvalue weighted by molar-refractivity contribution is 6.35. The molecule has 2 unspecified atom stereocenters. The summed E-state index contributed by atoms with van der Waals surface area (Å²) in [4.78, 5) is 0. The molecule has 1 nitrogen and oxygen atoms in total. The van der Waals surface area contributed by atoms with Crippen molar-refractivity contribution in [2.24, 2.45) is 0 Å². The van der Waals surface area contributed by atoms with Gasteiger partial charge in [-0.3, -0.25) is 0 Å². The molecule has 0 saturated carbocycles. The molecule has 0 radical (unpaired) electrons. The minimum absolute atomic E-state index is 0.0740. The average molecular weight is 290 g/mol. The van der Waals surface area contributed by atoms with Gasteiger partial charge in [0.25, 0.3) is 0 Å². The smallest absolute Gasteiger partial charge is 0.0792 e. The van der Waals surface area contributed by atoms with Crippen molar-refractivity contribution in [1.29, 1.82) is 5.26 Å². The first-order valence-corrected chi connectivity index (χ1v) is 6.78. The number of hydrogen-bond donors (Lipinski definition) is 0. The number of benzene rings is 2. The summed E-state index contributed by atoms with van der Waals surface area (Å²) in [6.07, 6.45) is 0. The Morgan fingerprint density at radius 1 is 1.05 bits per heavy atom. The molecule has 2 aromatic rings. The largest absolute Gasteiger partial charge is 0.198 e. The molecule has 2 aromatic carbocycles. The van der Waals surface area contributed by atoms with Gasteiger partial charge in [0, 0.05) is 16.0 Å². The zero-order valence-electron chi connectivity index (χ0n) is 10.5. The second kappa shape index (κ2) is 6.10. The summed E-state index contributed by atoms with van der Waals surface area (Å²) in [7, 11) is 0. The Balaban J connectivity index is 2.38. The summed E-state index contributed by atoms with van der Waals surface area (Å²) < 4.78 is 0. The van der Waals surface area contributed by atoms with Crippen LogP contribution in [0, 0.1) is 11.3 Å². The van der Waals surface area contributed by atoms with Gasteiger partial charge in [-0.15, -0.1) is 0 Å². The van der Waals surface area contributed by atoms with Gasteiger partial charge in [-0.25, -0.2) is 0 Å². The van der Waals surface area contributed by atoms with Gasteiger partial charge < -0.3 is 0 Å². The maximum atomic E-state index is 9.46. The lowest BCUT2D eigenvalue weighted by Crippen LogP contribution is -2.07. The number of hydrogen-bond acceptors (Lipinski definition) is 1. The van der Waals surface area contributed by atoms with Crippen molar-refractivity contribution < 1.29 is 0 Å². The molecule has 2 rings (SSSR count). The number of nitrogens with zero attached hydrogens (tertiary/aromatic N) is 1. The third kappa shape index (κ3) is 3.10. The predicted molar refractivity (Wildman–Crippen MR) is 79.7 cm³/mol. The van der Waals surface area contributed by atoms with Gasteiger partial charge in [0.2, 0.25) is 0 Å². The van der Waals surface area contributed by atoms with E-state index in [0.29, 0.717) is 10.0 Å². The van der Waals surface area contributed by atoms with Crippen molar-refractivity contribution in [3.8, 4) is 6.07 Å². The first-order valence-electron chi connectivity index (χ1n) is 6.03. The first-order chi connectivity index (χ1) is 9.13. The molecular formula is C16H13Cl2N. The fraction of sp³-hybridized carbons (Fsp3) is 0.188. The summed E-state index contributed by atoms with van der Waals surface area (Å²) in [5.74, 6) is -0.211. The number of rotatable bonds is 3. The zero-order valence-corrected chi connectivity index (χ0v) is 12.0. The highest BCUT2D eigenvalue weighted by atomic mass is 35.5. The average Bonchev–Trinajstić information content (AvgIpc) is 2.42. The Labute approximate surface area is 123 Å². The van der Waals surface area contributed by atoms with E-state index < -0.39 is 0 Å². The highest BCUT2D eigenvalue weighted by Gasteiger charge is 2.22. The van der Waals surface area contributed by atoms with Crippen molar-refractivity contribution in [2.75, 3.05) is 0 Å². The van der Waals surface area contributed by atoms with Crippen LogP contribution in [0.5, 0.6) is 0 Å². The van der Waals surface area contributed by atoms with Gasteiger partial charge in [0.05, 0.1) is 12.0 Å². The van der Waals surface area contributed by atoms with Crippen molar-refractivity contribution in [1.82, 2.24) is 0 Å². The van der Waals surface area contributed by atoms with E-state index in [9.17, 15) is 5.26 Å². The molecule has 0 aliphatic rings. The Morgan fingerprint density at radius 2 is 1.74 bits per heavy atom. The van der Waals surface area contributed by atoms with Crippen molar-refractivity contribution >= 4 is 23.2 Å². The van der Waals surface area contributed by atoms with E-state index in [0.717, 1.165) is 11.1 Å². The van der Waals surface area contributed by atoms with Gasteiger partial charge >= 0.3 is 0 Å². The molecule has 0 amide bonds. The van der Waals surface area contributed by atoms with Crippen molar-refractivity contribution in [2.45, 2.75) is 18.8 Å². The Kier molecular flexibility index (Phi) is 4.47. The predicted octanol–water partition coefficient (Wildman–Crippen LogP) is 5.40. The molecule has 0 N–H and O–H groups in total. The quantitative estimate of drug-likeness (QED) is 0.742. The third-order valence-corrected chi connectivity index (χ3v) is 3.82. The van der Waals surface area contributed by atoms with Crippen LogP contribution in [0.4, 0.5) is 0 Å². The van der Waals surface area contributed by atoms with Crippen LogP contribution in [0.2, 0.25) is 10.0 Å². The number of nitriles is 1. The Morgan fingerprint density at radius 3 is 2.32 bits per heavy atom. The zero-order chi connectivity index (χ0) is 13.8. The molecule has 0 aliphatic carbocycles. The molecule has 0 aliphatic heterocycles. The standard InChI is InChI=1S/C16H13Cl2N/c1-11(12-5-3-2-4-6-12)15(10-19)14-8-7-13(17)9-16(14)18/h2-9,11,15H,1H3. The summed E-state index contributed by atoms with van der Waals surface area (Å²) in [5.41, 5.74) is 1.95. The lowest BCUT2D eigenvalue weighted by molar-refractivity contribution is 0.687. The van der Waals surface area contributed by atoms with E-state index in [-0.39, 0.29) is 11.8 Å². The van der Waals surface area contributed by atoms with E-state index >= 15 is 0 Å². The van der Waals surface area contributed by atoms with Crippen LogP contribution >= 0.6 is 23.2 Å². The van der Waals surface area contributed by atoms with Crippen LogP contribution in [0.3, 0.4) is 0 Å². The molecule has 96 valence electrons. The minimum atomic E-state index is -0.285.